The number of carbonyl (C=O) groups excluding carboxylic acids is 1. The van der Waals surface area contributed by atoms with Crippen molar-refractivity contribution in [2.75, 3.05) is 6.54 Å². The van der Waals surface area contributed by atoms with Gasteiger partial charge >= 0.3 is 0 Å². The van der Waals surface area contributed by atoms with Gasteiger partial charge in [0.1, 0.15) is 0 Å². The summed E-state index contributed by atoms with van der Waals surface area (Å²) in [5, 5.41) is 5.10. The second-order valence-corrected chi connectivity index (χ2v) is 10.3. The van der Waals surface area contributed by atoms with Crippen LogP contribution in [0.1, 0.15) is 68.9 Å². The molecule has 6 rings (SSSR count). The minimum atomic E-state index is 0.104. The normalized spacial score (nSPS) is 30.1. The second kappa shape index (κ2) is 6.05. The number of aromatic nitrogens is 2. The first-order valence-corrected chi connectivity index (χ1v) is 10.4. The summed E-state index contributed by atoms with van der Waals surface area (Å²) in [5.74, 6) is 2.50. The van der Waals surface area contributed by atoms with E-state index in [2.05, 4.69) is 35.8 Å². The van der Waals surface area contributed by atoms with Gasteiger partial charge in [-0.25, -0.2) is 4.98 Å². The van der Waals surface area contributed by atoms with Crippen molar-refractivity contribution in [3.63, 3.8) is 0 Å². The van der Waals surface area contributed by atoms with Gasteiger partial charge in [0.05, 0.1) is 16.6 Å². The summed E-state index contributed by atoms with van der Waals surface area (Å²) in [6, 6.07) is 2.37. The number of carbonyl (C=O) groups is 1. The summed E-state index contributed by atoms with van der Waals surface area (Å²) in [4.78, 5) is 20.0. The van der Waals surface area contributed by atoms with E-state index in [4.69, 9.17) is 4.52 Å². The molecule has 2 unspecified atom stereocenters. The highest BCUT2D eigenvalue weighted by Crippen LogP contribution is 2.47. The minimum absolute atomic E-state index is 0.104. The van der Waals surface area contributed by atoms with Crippen LogP contribution >= 0.6 is 0 Å². The van der Waals surface area contributed by atoms with Gasteiger partial charge in [-0.3, -0.25) is 4.79 Å². The third-order valence-electron chi connectivity index (χ3n) is 6.72. The molecule has 4 bridgehead atoms. The Kier molecular flexibility index (Phi) is 3.85. The van der Waals surface area contributed by atoms with Crippen LogP contribution in [0.5, 0.6) is 0 Å². The highest BCUT2D eigenvalue weighted by molar-refractivity contribution is 5.97. The quantitative estimate of drug-likeness (QED) is 0.786. The average molecular weight is 367 g/mol. The molecule has 2 aromatic rings. The van der Waals surface area contributed by atoms with Crippen LogP contribution in [0.4, 0.5) is 0 Å². The molecule has 27 heavy (non-hydrogen) atoms. The van der Waals surface area contributed by atoms with Gasteiger partial charge in [-0.05, 0) is 67.8 Å². The van der Waals surface area contributed by atoms with Gasteiger partial charge in [-0.2, -0.15) is 0 Å². The van der Waals surface area contributed by atoms with Crippen molar-refractivity contribution in [3.05, 3.63) is 23.5 Å². The molecule has 0 aromatic carbocycles. The van der Waals surface area contributed by atoms with E-state index in [1.165, 1.54) is 32.1 Å². The summed E-state index contributed by atoms with van der Waals surface area (Å²) in [6.07, 6.45) is 8.88. The minimum Gasteiger partial charge on any atom is -0.336 e. The Morgan fingerprint density at radius 3 is 2.56 bits per heavy atom. The summed E-state index contributed by atoms with van der Waals surface area (Å²) in [7, 11) is 0. The first kappa shape index (κ1) is 17.2. The molecular formula is C22H29N3O2. The van der Waals surface area contributed by atoms with Crippen molar-refractivity contribution >= 4 is 17.0 Å². The molecule has 0 radical (unpaired) electrons. The van der Waals surface area contributed by atoms with E-state index in [-0.39, 0.29) is 11.3 Å². The van der Waals surface area contributed by atoms with E-state index in [1.54, 1.807) is 6.20 Å². The molecule has 4 fully saturated rings. The topological polar surface area (TPSA) is 59.2 Å². The summed E-state index contributed by atoms with van der Waals surface area (Å²) >= 11 is 0. The zero-order chi connectivity index (χ0) is 18.8. The standard InChI is InChI=1S/C22H29N3O2/c1-22(2,3)10-19-18-9-16(11-23-20(18)27-24-19)21(26)25-12-15-5-13-4-14(6-15)8-17(25)7-13/h9,11,13-15,17H,4-8,10,12H2,1-3H3/t13-,14+,15?,17?. The van der Waals surface area contributed by atoms with Crippen LogP contribution in [-0.2, 0) is 6.42 Å². The molecular weight excluding hydrogens is 338 g/mol. The molecule has 2 aliphatic heterocycles. The lowest BCUT2D eigenvalue weighted by Crippen LogP contribution is -2.42. The van der Waals surface area contributed by atoms with Gasteiger partial charge in [0.2, 0.25) is 0 Å². The van der Waals surface area contributed by atoms with Crippen molar-refractivity contribution in [2.45, 2.75) is 65.3 Å². The Hall–Kier alpha value is -1.91. The number of hydrogen-bond donors (Lipinski definition) is 0. The Labute approximate surface area is 160 Å². The maximum Gasteiger partial charge on any atom is 0.257 e. The third-order valence-corrected chi connectivity index (χ3v) is 6.72. The maximum absolute atomic E-state index is 13.4. The molecule has 5 nitrogen and oxygen atoms in total. The SMILES string of the molecule is CC(C)(C)Cc1noc2ncc(C(=O)N3CC4C[C@@H]5CC3C[C@H](C4)C5)cc12. The van der Waals surface area contributed by atoms with Crippen LogP contribution in [0.2, 0.25) is 0 Å². The molecule has 1 amide bonds. The van der Waals surface area contributed by atoms with Gasteiger partial charge in [0.15, 0.2) is 0 Å². The molecule has 2 saturated heterocycles. The van der Waals surface area contributed by atoms with E-state index >= 15 is 0 Å². The smallest absolute Gasteiger partial charge is 0.257 e. The largest absolute Gasteiger partial charge is 0.336 e. The molecule has 2 aromatic heterocycles. The van der Waals surface area contributed by atoms with Crippen molar-refractivity contribution < 1.29 is 9.32 Å². The molecule has 0 spiro atoms. The molecule has 2 aliphatic carbocycles. The van der Waals surface area contributed by atoms with Crippen molar-refractivity contribution in [1.29, 1.82) is 0 Å². The van der Waals surface area contributed by atoms with Crippen molar-refractivity contribution in [2.24, 2.45) is 23.2 Å². The van der Waals surface area contributed by atoms with E-state index < -0.39 is 0 Å². The number of amides is 1. The first-order chi connectivity index (χ1) is 12.9. The predicted molar refractivity (Wildman–Crippen MR) is 103 cm³/mol. The van der Waals surface area contributed by atoms with E-state index in [0.717, 1.165) is 35.9 Å². The fourth-order valence-electron chi connectivity index (χ4n) is 5.82. The van der Waals surface area contributed by atoms with Crippen LogP contribution < -0.4 is 0 Å². The number of nitrogens with zero attached hydrogens (tertiary/aromatic N) is 3. The summed E-state index contributed by atoms with van der Waals surface area (Å²) in [6.45, 7) is 7.46. The van der Waals surface area contributed by atoms with E-state index in [9.17, 15) is 4.79 Å². The zero-order valence-corrected chi connectivity index (χ0v) is 16.6. The Morgan fingerprint density at radius 2 is 1.85 bits per heavy atom. The first-order valence-electron chi connectivity index (χ1n) is 10.4. The van der Waals surface area contributed by atoms with E-state index in [0.29, 0.717) is 23.2 Å². The Bertz CT molecular complexity index is 867. The van der Waals surface area contributed by atoms with E-state index in [1.807, 2.05) is 6.07 Å². The zero-order valence-electron chi connectivity index (χ0n) is 16.6. The highest BCUT2D eigenvalue weighted by Gasteiger charge is 2.44. The lowest BCUT2D eigenvalue weighted by atomic mass is 9.68. The highest BCUT2D eigenvalue weighted by atomic mass is 16.5. The average Bonchev–Trinajstić information content (AvgIpc) is 2.87. The molecule has 4 aliphatic rings. The second-order valence-electron chi connectivity index (χ2n) is 10.3. The predicted octanol–water partition coefficient (Wildman–Crippen LogP) is 4.46. The van der Waals surface area contributed by atoms with Crippen LogP contribution in [0.25, 0.3) is 11.1 Å². The molecule has 4 heterocycles. The molecule has 4 atom stereocenters. The van der Waals surface area contributed by atoms with Crippen molar-refractivity contribution in [1.82, 2.24) is 15.0 Å². The summed E-state index contributed by atoms with van der Waals surface area (Å²) in [5.41, 5.74) is 2.21. The number of pyridine rings is 1. The monoisotopic (exact) mass is 367 g/mol. The molecule has 2 saturated carbocycles. The number of rotatable bonds is 2. The molecule has 144 valence electrons. The van der Waals surface area contributed by atoms with Gasteiger partial charge in [-0.1, -0.05) is 25.9 Å². The molecule has 5 heteroatoms. The lowest BCUT2D eigenvalue weighted by Gasteiger charge is -2.39. The fraction of sp³-hybridized carbons (Fsp3) is 0.682. The Balaban J connectivity index is 1.46. The van der Waals surface area contributed by atoms with Gasteiger partial charge in [0, 0.05) is 18.8 Å². The van der Waals surface area contributed by atoms with Crippen molar-refractivity contribution in [3.8, 4) is 0 Å². The van der Waals surface area contributed by atoms with Crippen LogP contribution in [0.15, 0.2) is 16.8 Å². The lowest BCUT2D eigenvalue weighted by molar-refractivity contribution is 0.0632. The number of fused-ring (bicyclic) bond motifs is 2. The maximum atomic E-state index is 13.4. The van der Waals surface area contributed by atoms with Gasteiger partial charge in [-0.15, -0.1) is 0 Å². The Morgan fingerprint density at radius 1 is 1.15 bits per heavy atom. The van der Waals surface area contributed by atoms with Crippen LogP contribution in [0.3, 0.4) is 0 Å². The van der Waals surface area contributed by atoms with Crippen LogP contribution in [0, 0.1) is 23.2 Å². The fourth-order valence-corrected chi connectivity index (χ4v) is 5.82. The summed E-state index contributed by atoms with van der Waals surface area (Å²) < 4.78 is 5.40. The third kappa shape index (κ3) is 3.15. The van der Waals surface area contributed by atoms with Gasteiger partial charge < -0.3 is 9.42 Å². The van der Waals surface area contributed by atoms with Gasteiger partial charge in [0.25, 0.3) is 11.6 Å². The number of hydrogen-bond acceptors (Lipinski definition) is 4. The molecule has 0 N–H and O–H groups in total. The van der Waals surface area contributed by atoms with Crippen LogP contribution in [-0.4, -0.2) is 33.5 Å².